The summed E-state index contributed by atoms with van der Waals surface area (Å²) >= 11 is 0. The molecule has 140 valence electrons. The summed E-state index contributed by atoms with van der Waals surface area (Å²) < 4.78 is 7.21. The largest absolute Gasteiger partial charge is 0.448 e. The average Bonchev–Trinajstić information content (AvgIpc) is 3.20. The van der Waals surface area contributed by atoms with Crippen LogP contribution in [0.5, 0.6) is 0 Å². The molecule has 4 rings (SSSR count). The van der Waals surface area contributed by atoms with E-state index in [1.54, 1.807) is 6.92 Å². The molecular formula is C19H27N5O2. The number of carbonyl (C=O) groups excluding carboxylic acids is 1. The molecule has 2 aliphatic rings. The van der Waals surface area contributed by atoms with Gasteiger partial charge in [0.05, 0.1) is 17.9 Å². The fourth-order valence-corrected chi connectivity index (χ4v) is 4.17. The van der Waals surface area contributed by atoms with Gasteiger partial charge in [-0.3, -0.25) is 14.4 Å². The first-order valence-corrected chi connectivity index (χ1v) is 9.68. The van der Waals surface area contributed by atoms with Gasteiger partial charge in [-0.25, -0.2) is 4.98 Å². The zero-order valence-corrected chi connectivity index (χ0v) is 15.4. The molecule has 0 bridgehead atoms. The number of aromatic nitrogens is 3. The van der Waals surface area contributed by atoms with Crippen molar-refractivity contribution < 1.29 is 9.21 Å². The molecular weight excluding hydrogens is 330 g/mol. The van der Waals surface area contributed by atoms with Gasteiger partial charge in [-0.15, -0.1) is 0 Å². The lowest BCUT2D eigenvalue weighted by Gasteiger charge is -2.33. The topological polar surface area (TPSA) is 76.2 Å². The Morgan fingerprint density at radius 1 is 1.27 bits per heavy atom. The highest BCUT2D eigenvalue weighted by Crippen LogP contribution is 2.26. The van der Waals surface area contributed by atoms with Crippen molar-refractivity contribution in [3.05, 3.63) is 35.3 Å². The van der Waals surface area contributed by atoms with E-state index >= 15 is 0 Å². The van der Waals surface area contributed by atoms with E-state index in [2.05, 4.69) is 25.9 Å². The second-order valence-electron chi connectivity index (χ2n) is 7.41. The van der Waals surface area contributed by atoms with E-state index in [1.807, 2.05) is 0 Å². The van der Waals surface area contributed by atoms with Crippen molar-refractivity contribution in [3.8, 4) is 0 Å². The van der Waals surface area contributed by atoms with Gasteiger partial charge in [-0.05, 0) is 32.3 Å². The third-order valence-corrected chi connectivity index (χ3v) is 5.58. The van der Waals surface area contributed by atoms with Crippen LogP contribution >= 0.6 is 0 Å². The molecule has 2 aromatic heterocycles. The van der Waals surface area contributed by atoms with E-state index in [0.717, 1.165) is 37.8 Å². The summed E-state index contributed by atoms with van der Waals surface area (Å²) in [5, 5.41) is 7.59. The Labute approximate surface area is 153 Å². The smallest absolute Gasteiger partial charge is 0.273 e. The van der Waals surface area contributed by atoms with Gasteiger partial charge in [0.15, 0.2) is 12.1 Å². The predicted molar refractivity (Wildman–Crippen MR) is 96.5 cm³/mol. The van der Waals surface area contributed by atoms with Crippen LogP contribution in [0.3, 0.4) is 0 Å². The molecule has 1 aliphatic carbocycles. The van der Waals surface area contributed by atoms with Crippen LogP contribution in [0.25, 0.3) is 0 Å². The number of amides is 1. The van der Waals surface area contributed by atoms with E-state index in [9.17, 15) is 4.79 Å². The minimum atomic E-state index is -0.219. The second-order valence-corrected chi connectivity index (χ2v) is 7.41. The monoisotopic (exact) mass is 357 g/mol. The summed E-state index contributed by atoms with van der Waals surface area (Å²) in [6.45, 7) is 5.23. The van der Waals surface area contributed by atoms with Gasteiger partial charge in [0, 0.05) is 25.7 Å². The summed E-state index contributed by atoms with van der Waals surface area (Å²) in [6, 6.07) is 2.86. The number of aryl methyl sites for hydroxylation is 2. The Morgan fingerprint density at radius 3 is 2.88 bits per heavy atom. The van der Waals surface area contributed by atoms with Gasteiger partial charge >= 0.3 is 0 Å². The predicted octanol–water partition coefficient (Wildman–Crippen LogP) is 2.65. The number of hydrogen-bond donors (Lipinski definition) is 1. The molecule has 7 heteroatoms. The Bertz CT molecular complexity index is 760. The maximum atomic E-state index is 12.2. The molecule has 0 aromatic carbocycles. The number of nitrogens with zero attached hydrogens (tertiary/aromatic N) is 4. The highest BCUT2D eigenvalue weighted by atomic mass is 16.3. The van der Waals surface area contributed by atoms with Crippen LogP contribution < -0.4 is 5.32 Å². The standard InChI is InChI=1S/C19H27N5O2/c1-14-18(21-13-26-14)19(25)20-11-15-10-17-12-23(8-5-9-24(17)22-15)16-6-3-2-4-7-16/h10,13,16H,2-9,11-12H2,1H3,(H,20,25). The first-order chi connectivity index (χ1) is 12.7. The molecule has 2 aromatic rings. The summed E-state index contributed by atoms with van der Waals surface area (Å²) in [7, 11) is 0. The Kier molecular flexibility index (Phi) is 5.06. The van der Waals surface area contributed by atoms with Crippen LogP contribution in [-0.2, 0) is 19.6 Å². The van der Waals surface area contributed by atoms with E-state index in [0.29, 0.717) is 18.0 Å². The van der Waals surface area contributed by atoms with Gasteiger partial charge in [0.25, 0.3) is 5.91 Å². The molecule has 1 N–H and O–H groups in total. The Morgan fingerprint density at radius 2 is 2.12 bits per heavy atom. The maximum Gasteiger partial charge on any atom is 0.273 e. The molecule has 1 aliphatic heterocycles. The van der Waals surface area contributed by atoms with Gasteiger partial charge in [0.1, 0.15) is 5.76 Å². The maximum absolute atomic E-state index is 12.2. The van der Waals surface area contributed by atoms with Crippen LogP contribution in [-0.4, -0.2) is 38.2 Å². The highest BCUT2D eigenvalue weighted by molar-refractivity contribution is 5.92. The third kappa shape index (κ3) is 3.67. The van der Waals surface area contributed by atoms with Crippen molar-refractivity contribution in [3.63, 3.8) is 0 Å². The lowest BCUT2D eigenvalue weighted by atomic mass is 9.94. The van der Waals surface area contributed by atoms with E-state index in [1.165, 1.54) is 44.2 Å². The van der Waals surface area contributed by atoms with Gasteiger partial charge in [-0.1, -0.05) is 19.3 Å². The fraction of sp³-hybridized carbons (Fsp3) is 0.632. The first-order valence-electron chi connectivity index (χ1n) is 9.68. The molecule has 0 unspecified atom stereocenters. The summed E-state index contributed by atoms with van der Waals surface area (Å²) in [4.78, 5) is 18.8. The molecule has 0 spiro atoms. The van der Waals surface area contributed by atoms with Gasteiger partial charge in [0.2, 0.25) is 0 Å². The molecule has 7 nitrogen and oxygen atoms in total. The lowest BCUT2D eigenvalue weighted by molar-refractivity contribution is 0.0944. The van der Waals surface area contributed by atoms with Crippen molar-refractivity contribution in [1.82, 2.24) is 25.0 Å². The van der Waals surface area contributed by atoms with E-state index < -0.39 is 0 Å². The first kappa shape index (κ1) is 17.3. The summed E-state index contributed by atoms with van der Waals surface area (Å²) in [6.07, 6.45) is 9.19. The fourth-order valence-electron chi connectivity index (χ4n) is 4.17. The van der Waals surface area contributed by atoms with Crippen molar-refractivity contribution in [2.75, 3.05) is 6.54 Å². The normalized spacial score (nSPS) is 19.1. The average molecular weight is 357 g/mol. The number of nitrogens with one attached hydrogen (secondary N) is 1. The number of fused-ring (bicyclic) bond motifs is 1. The molecule has 1 amide bonds. The zero-order chi connectivity index (χ0) is 17.9. The quantitative estimate of drug-likeness (QED) is 0.910. The van der Waals surface area contributed by atoms with Crippen molar-refractivity contribution in [2.24, 2.45) is 0 Å². The number of rotatable bonds is 4. The molecule has 3 heterocycles. The van der Waals surface area contributed by atoms with Crippen LogP contribution in [0.2, 0.25) is 0 Å². The van der Waals surface area contributed by atoms with Crippen molar-refractivity contribution in [1.29, 1.82) is 0 Å². The highest BCUT2D eigenvalue weighted by Gasteiger charge is 2.24. The minimum Gasteiger partial charge on any atom is -0.448 e. The Balaban J connectivity index is 1.40. The van der Waals surface area contributed by atoms with Crippen LogP contribution in [0.15, 0.2) is 16.9 Å². The second kappa shape index (κ2) is 7.61. The summed E-state index contributed by atoms with van der Waals surface area (Å²) in [5.41, 5.74) is 2.50. The van der Waals surface area contributed by atoms with Crippen molar-refractivity contribution >= 4 is 5.91 Å². The zero-order valence-electron chi connectivity index (χ0n) is 15.4. The van der Waals surface area contributed by atoms with Crippen LogP contribution in [0, 0.1) is 6.92 Å². The molecule has 1 fully saturated rings. The van der Waals surface area contributed by atoms with Gasteiger partial charge in [-0.2, -0.15) is 5.10 Å². The molecule has 0 saturated heterocycles. The Hall–Kier alpha value is -2.15. The SMILES string of the molecule is Cc1ocnc1C(=O)NCc1cc2n(n1)CCCN(C1CCCCC1)C2. The van der Waals surface area contributed by atoms with Crippen LogP contribution in [0.1, 0.15) is 66.2 Å². The van der Waals surface area contributed by atoms with E-state index in [-0.39, 0.29) is 5.91 Å². The lowest BCUT2D eigenvalue weighted by Crippen LogP contribution is -2.36. The number of carbonyl (C=O) groups is 1. The minimum absolute atomic E-state index is 0.219. The molecule has 0 radical (unpaired) electrons. The number of hydrogen-bond acceptors (Lipinski definition) is 5. The molecule has 0 atom stereocenters. The summed E-state index contributed by atoms with van der Waals surface area (Å²) in [5.74, 6) is 0.314. The van der Waals surface area contributed by atoms with Crippen LogP contribution in [0.4, 0.5) is 0 Å². The number of oxazole rings is 1. The van der Waals surface area contributed by atoms with Gasteiger partial charge < -0.3 is 9.73 Å². The molecule has 26 heavy (non-hydrogen) atoms. The molecule has 1 saturated carbocycles. The third-order valence-electron chi connectivity index (χ3n) is 5.58. The van der Waals surface area contributed by atoms with E-state index in [4.69, 9.17) is 9.52 Å². The van der Waals surface area contributed by atoms with Crippen molar-refractivity contribution in [2.45, 2.75) is 71.1 Å².